The molecular formula is C20H39BO5Si. The SMILES string of the molecule is COC(=O)CCC[C@@H](/C=C/B1OC(C)(C)C(C)(C)O1)O[Si](C)(C)C(C)(C)C. The maximum atomic E-state index is 11.4. The third kappa shape index (κ3) is 6.73. The topological polar surface area (TPSA) is 54.0 Å². The van der Waals surface area contributed by atoms with Crippen molar-refractivity contribution in [2.24, 2.45) is 0 Å². The van der Waals surface area contributed by atoms with Crippen molar-refractivity contribution in [1.29, 1.82) is 0 Å². The Hall–Kier alpha value is -0.628. The molecule has 0 saturated carbocycles. The second kappa shape index (κ2) is 8.80. The van der Waals surface area contributed by atoms with E-state index < -0.39 is 8.32 Å². The summed E-state index contributed by atoms with van der Waals surface area (Å²) in [7, 11) is -0.903. The van der Waals surface area contributed by atoms with Crippen LogP contribution in [-0.4, -0.2) is 45.8 Å². The molecule has 7 heteroatoms. The minimum absolute atomic E-state index is 0.0745. The van der Waals surface area contributed by atoms with E-state index in [1.165, 1.54) is 7.11 Å². The fraction of sp³-hybridized carbons (Fsp3) is 0.850. The number of carbonyl (C=O) groups is 1. The van der Waals surface area contributed by atoms with Crippen LogP contribution in [0.3, 0.4) is 0 Å². The van der Waals surface area contributed by atoms with Gasteiger partial charge in [-0.1, -0.05) is 32.8 Å². The predicted octanol–water partition coefficient (Wildman–Crippen LogP) is 4.91. The highest BCUT2D eigenvalue weighted by Crippen LogP contribution is 2.39. The fourth-order valence-corrected chi connectivity index (χ4v) is 3.79. The monoisotopic (exact) mass is 398 g/mol. The first-order valence-corrected chi connectivity index (χ1v) is 12.8. The van der Waals surface area contributed by atoms with Crippen LogP contribution < -0.4 is 0 Å². The van der Waals surface area contributed by atoms with E-state index in [1.807, 2.05) is 39.7 Å². The minimum Gasteiger partial charge on any atom is -0.469 e. The van der Waals surface area contributed by atoms with Crippen molar-refractivity contribution in [3.05, 3.63) is 12.1 Å². The van der Waals surface area contributed by atoms with Gasteiger partial charge in [-0.15, -0.1) is 0 Å². The number of methoxy groups -OCH3 is 1. The summed E-state index contributed by atoms with van der Waals surface area (Å²) in [6, 6.07) is 0. The van der Waals surface area contributed by atoms with Crippen LogP contribution in [0.1, 0.15) is 67.7 Å². The molecule has 1 rings (SSSR count). The highest BCUT2D eigenvalue weighted by molar-refractivity contribution is 6.74. The standard InChI is InChI=1S/C20H39BO5Si/c1-18(2,3)27(9,10)24-16(12-11-13-17(22)23-8)14-15-21-25-19(4,5)20(6,7)26-21/h14-16H,11-13H2,1-10H3/b15-14+/t16-/m0/s1. The molecule has 156 valence electrons. The molecule has 5 nitrogen and oxygen atoms in total. The van der Waals surface area contributed by atoms with Crippen LogP contribution in [0.2, 0.25) is 18.1 Å². The zero-order valence-corrected chi connectivity index (χ0v) is 20.0. The van der Waals surface area contributed by atoms with E-state index in [0.717, 1.165) is 12.8 Å². The number of hydrogen-bond acceptors (Lipinski definition) is 5. The number of esters is 1. The Balaban J connectivity index is 2.83. The smallest absolute Gasteiger partial charge is 0.469 e. The summed E-state index contributed by atoms with van der Waals surface area (Å²) in [5.41, 5.74) is -0.717. The van der Waals surface area contributed by atoms with E-state index in [2.05, 4.69) is 33.9 Å². The van der Waals surface area contributed by atoms with Gasteiger partial charge in [-0.3, -0.25) is 4.79 Å². The van der Waals surface area contributed by atoms with Crippen LogP contribution >= 0.6 is 0 Å². The average molecular weight is 398 g/mol. The van der Waals surface area contributed by atoms with Gasteiger partial charge in [0.05, 0.1) is 24.4 Å². The number of rotatable bonds is 8. The van der Waals surface area contributed by atoms with Crippen molar-refractivity contribution in [1.82, 2.24) is 0 Å². The lowest BCUT2D eigenvalue weighted by atomic mass is 9.89. The molecule has 1 aliphatic heterocycles. The first-order chi connectivity index (χ1) is 12.1. The summed E-state index contributed by atoms with van der Waals surface area (Å²) >= 11 is 0. The third-order valence-corrected chi connectivity index (χ3v) is 10.6. The van der Waals surface area contributed by atoms with Crippen molar-refractivity contribution >= 4 is 21.4 Å². The normalized spacial score (nSPS) is 20.9. The van der Waals surface area contributed by atoms with Crippen LogP contribution in [-0.2, 0) is 23.3 Å². The van der Waals surface area contributed by atoms with Gasteiger partial charge in [-0.25, -0.2) is 0 Å². The van der Waals surface area contributed by atoms with Crippen LogP contribution in [0.15, 0.2) is 12.1 Å². The molecule has 0 N–H and O–H groups in total. The quantitative estimate of drug-likeness (QED) is 0.430. The summed E-state index contributed by atoms with van der Waals surface area (Å²) in [5, 5.41) is 0.117. The lowest BCUT2D eigenvalue weighted by Gasteiger charge is -2.38. The Kier molecular flexibility index (Phi) is 7.96. The molecule has 0 spiro atoms. The van der Waals surface area contributed by atoms with Gasteiger partial charge in [0.1, 0.15) is 0 Å². The molecule has 1 heterocycles. The number of hydrogen-bond donors (Lipinski definition) is 0. The predicted molar refractivity (Wildman–Crippen MR) is 113 cm³/mol. The van der Waals surface area contributed by atoms with E-state index in [9.17, 15) is 4.79 Å². The van der Waals surface area contributed by atoms with Gasteiger partial charge in [0.2, 0.25) is 0 Å². The van der Waals surface area contributed by atoms with Gasteiger partial charge in [0.15, 0.2) is 8.32 Å². The third-order valence-electron chi connectivity index (χ3n) is 6.10. The Morgan fingerprint density at radius 3 is 2.11 bits per heavy atom. The molecule has 0 bridgehead atoms. The molecule has 0 amide bonds. The first kappa shape index (κ1) is 24.4. The highest BCUT2D eigenvalue weighted by Gasteiger charge is 2.50. The Labute approximate surface area is 167 Å². The summed E-state index contributed by atoms with van der Waals surface area (Å²) in [6.45, 7) is 19.3. The number of carbonyl (C=O) groups excluding carboxylic acids is 1. The van der Waals surface area contributed by atoms with Crippen molar-refractivity contribution in [3.63, 3.8) is 0 Å². The maximum absolute atomic E-state index is 11.4. The lowest BCUT2D eigenvalue weighted by molar-refractivity contribution is -0.140. The van der Waals surface area contributed by atoms with E-state index in [1.54, 1.807) is 0 Å². The largest absolute Gasteiger partial charge is 0.486 e. The molecule has 0 aromatic carbocycles. The zero-order chi connectivity index (χ0) is 21.1. The Bertz CT molecular complexity index is 521. The molecule has 0 aromatic rings. The van der Waals surface area contributed by atoms with Gasteiger partial charge in [0, 0.05) is 6.42 Å². The minimum atomic E-state index is -1.94. The summed E-state index contributed by atoms with van der Waals surface area (Å²) in [5.74, 6) is 1.77. The van der Waals surface area contributed by atoms with Crippen LogP contribution in [0.5, 0.6) is 0 Å². The molecule has 0 unspecified atom stereocenters. The fourth-order valence-electron chi connectivity index (χ4n) is 2.48. The van der Waals surface area contributed by atoms with Crippen molar-refractivity contribution in [2.75, 3.05) is 7.11 Å². The second-order valence-electron chi connectivity index (χ2n) is 9.89. The molecule has 1 saturated heterocycles. The van der Waals surface area contributed by atoms with Crippen molar-refractivity contribution in [2.45, 2.75) is 103 Å². The van der Waals surface area contributed by atoms with Crippen LogP contribution in [0, 0.1) is 0 Å². The van der Waals surface area contributed by atoms with Gasteiger partial charge in [-0.2, -0.15) is 0 Å². The van der Waals surface area contributed by atoms with Gasteiger partial charge in [-0.05, 0) is 58.7 Å². The van der Waals surface area contributed by atoms with E-state index in [0.29, 0.717) is 6.42 Å². The molecule has 1 aliphatic rings. The van der Waals surface area contributed by atoms with Gasteiger partial charge >= 0.3 is 13.1 Å². The molecule has 0 aromatic heterocycles. The lowest BCUT2D eigenvalue weighted by Crippen LogP contribution is -2.43. The van der Waals surface area contributed by atoms with Crippen LogP contribution in [0.4, 0.5) is 0 Å². The highest BCUT2D eigenvalue weighted by atomic mass is 28.4. The van der Waals surface area contributed by atoms with Crippen molar-refractivity contribution in [3.8, 4) is 0 Å². The zero-order valence-electron chi connectivity index (χ0n) is 19.0. The second-order valence-corrected chi connectivity index (χ2v) is 14.7. The maximum Gasteiger partial charge on any atom is 0.486 e. The Morgan fingerprint density at radius 2 is 1.67 bits per heavy atom. The molecule has 1 fully saturated rings. The van der Waals surface area contributed by atoms with Gasteiger partial charge < -0.3 is 18.5 Å². The summed E-state index contributed by atoms with van der Waals surface area (Å²) in [4.78, 5) is 11.4. The molecule has 0 radical (unpaired) electrons. The van der Waals surface area contributed by atoms with Crippen molar-refractivity contribution < 1.29 is 23.3 Å². The van der Waals surface area contributed by atoms with E-state index in [4.69, 9.17) is 18.5 Å². The van der Waals surface area contributed by atoms with Gasteiger partial charge in [0.25, 0.3) is 0 Å². The first-order valence-electron chi connectivity index (χ1n) is 9.90. The molecular weight excluding hydrogens is 359 g/mol. The average Bonchev–Trinajstić information content (AvgIpc) is 2.70. The number of ether oxygens (including phenoxy) is 1. The summed E-state index contributed by atoms with van der Waals surface area (Å²) < 4.78 is 23.4. The van der Waals surface area contributed by atoms with E-state index >= 15 is 0 Å². The van der Waals surface area contributed by atoms with E-state index in [-0.39, 0.29) is 35.4 Å². The molecule has 0 aliphatic carbocycles. The molecule has 27 heavy (non-hydrogen) atoms. The molecule has 1 atom stereocenters. The summed E-state index contributed by atoms with van der Waals surface area (Å²) in [6.07, 6.45) is 3.85. The van der Waals surface area contributed by atoms with Crippen LogP contribution in [0.25, 0.3) is 0 Å². The Morgan fingerprint density at radius 1 is 1.15 bits per heavy atom.